The number of piperazine rings is 1. The molecule has 2 fully saturated rings. The zero-order valence-electron chi connectivity index (χ0n) is 12.9. The zero-order chi connectivity index (χ0) is 14.8. The van der Waals surface area contributed by atoms with Gasteiger partial charge in [0.15, 0.2) is 0 Å². The van der Waals surface area contributed by atoms with Crippen LogP contribution in [0.5, 0.6) is 0 Å². The van der Waals surface area contributed by atoms with E-state index in [1.165, 1.54) is 0 Å². The van der Waals surface area contributed by atoms with Gasteiger partial charge < -0.3 is 5.32 Å². The Kier molecular flexibility index (Phi) is 8.14. The lowest BCUT2D eigenvalue weighted by Gasteiger charge is -2.38. The Labute approximate surface area is 147 Å². The van der Waals surface area contributed by atoms with Gasteiger partial charge in [-0.05, 0) is 18.8 Å². The molecule has 1 saturated carbocycles. The van der Waals surface area contributed by atoms with E-state index in [1.807, 2.05) is 0 Å². The topological polar surface area (TPSA) is 15.3 Å². The molecule has 1 atom stereocenters. The van der Waals surface area contributed by atoms with E-state index in [1.54, 1.807) is 0 Å². The number of halogens is 5. The lowest BCUT2D eigenvalue weighted by Crippen LogP contribution is -2.47. The molecule has 0 spiro atoms. The molecule has 0 aromatic heterocycles. The van der Waals surface area contributed by atoms with Crippen molar-refractivity contribution in [3.63, 3.8) is 0 Å². The lowest BCUT2D eigenvalue weighted by atomic mass is 9.89. The highest BCUT2D eigenvalue weighted by molar-refractivity contribution is 5.85. The van der Waals surface area contributed by atoms with Gasteiger partial charge >= 0.3 is 0 Å². The second kappa shape index (κ2) is 9.11. The first-order valence-corrected chi connectivity index (χ1v) is 7.76. The van der Waals surface area contributed by atoms with Crippen molar-refractivity contribution < 1.29 is 13.2 Å². The van der Waals surface area contributed by atoms with E-state index in [2.05, 4.69) is 10.2 Å². The summed E-state index contributed by atoms with van der Waals surface area (Å²) in [6, 6.07) is 1.35. The Bertz CT molecular complexity index is 481. The second-order valence-electron chi connectivity index (χ2n) is 6.06. The van der Waals surface area contributed by atoms with Crippen LogP contribution in [0.3, 0.4) is 0 Å². The second-order valence-corrected chi connectivity index (χ2v) is 6.06. The molecule has 132 valence electrons. The van der Waals surface area contributed by atoms with Crippen molar-refractivity contribution in [2.45, 2.75) is 31.7 Å². The number of nitrogens with one attached hydrogen (secondary N) is 1. The molecule has 0 amide bonds. The molecule has 23 heavy (non-hydrogen) atoms. The first kappa shape index (κ1) is 20.6. The largest absolute Gasteiger partial charge is 0.314 e. The Morgan fingerprint density at radius 2 is 1.48 bits per heavy atom. The summed E-state index contributed by atoms with van der Waals surface area (Å²) in [6.45, 7) is 3.20. The average molecular weight is 371 g/mol. The van der Waals surface area contributed by atoms with Crippen LogP contribution in [0, 0.1) is 23.4 Å². The molecular weight excluding hydrogens is 348 g/mol. The number of hydrogen-bond acceptors (Lipinski definition) is 2. The molecule has 7 heteroatoms. The summed E-state index contributed by atoms with van der Waals surface area (Å²) in [5, 5.41) is 3.26. The van der Waals surface area contributed by atoms with E-state index in [-0.39, 0.29) is 42.3 Å². The fourth-order valence-corrected chi connectivity index (χ4v) is 3.79. The molecule has 1 aromatic carbocycles. The molecule has 0 bridgehead atoms. The third-order valence-electron chi connectivity index (χ3n) is 4.73. The molecular formula is C16H23Cl2F3N2. The molecule has 1 saturated heterocycles. The Morgan fingerprint density at radius 3 is 2.00 bits per heavy atom. The summed E-state index contributed by atoms with van der Waals surface area (Å²) in [6.07, 6.45) is 4.20. The van der Waals surface area contributed by atoms with Gasteiger partial charge in [-0.2, -0.15) is 0 Å². The monoisotopic (exact) mass is 370 g/mol. The van der Waals surface area contributed by atoms with Gasteiger partial charge in [-0.15, -0.1) is 24.8 Å². The van der Waals surface area contributed by atoms with Crippen molar-refractivity contribution >= 4 is 24.8 Å². The first-order chi connectivity index (χ1) is 10.2. The maximum Gasteiger partial charge on any atom is 0.133 e. The molecule has 2 nitrogen and oxygen atoms in total. The van der Waals surface area contributed by atoms with Gasteiger partial charge in [0.05, 0.1) is 0 Å². The summed E-state index contributed by atoms with van der Waals surface area (Å²) >= 11 is 0. The third kappa shape index (κ3) is 4.53. The highest BCUT2D eigenvalue weighted by Gasteiger charge is 2.35. The highest BCUT2D eigenvalue weighted by atomic mass is 35.5. The van der Waals surface area contributed by atoms with Crippen LogP contribution in [0.4, 0.5) is 13.2 Å². The molecule has 2 aliphatic rings. The molecule has 0 unspecified atom stereocenters. The predicted molar refractivity (Wildman–Crippen MR) is 90.0 cm³/mol. The Hall–Kier alpha value is -0.490. The minimum Gasteiger partial charge on any atom is -0.314 e. The molecule has 1 aromatic rings. The number of benzene rings is 1. The molecule has 3 rings (SSSR count). The van der Waals surface area contributed by atoms with Crippen LogP contribution in [-0.2, 0) is 0 Å². The van der Waals surface area contributed by atoms with Crippen LogP contribution in [-0.4, -0.2) is 31.1 Å². The normalized spacial score (nSPS) is 20.7. The summed E-state index contributed by atoms with van der Waals surface area (Å²) in [4.78, 5) is 2.16. The molecule has 1 N–H and O–H groups in total. The van der Waals surface area contributed by atoms with Gasteiger partial charge in [-0.3, -0.25) is 4.90 Å². The molecule has 1 heterocycles. The van der Waals surface area contributed by atoms with Gasteiger partial charge in [0.2, 0.25) is 0 Å². The van der Waals surface area contributed by atoms with Crippen LogP contribution in [0.15, 0.2) is 12.1 Å². The summed E-state index contributed by atoms with van der Waals surface area (Å²) in [5.74, 6) is -2.08. The van der Waals surface area contributed by atoms with Crippen molar-refractivity contribution in [2.75, 3.05) is 26.2 Å². The van der Waals surface area contributed by atoms with Crippen LogP contribution in [0.1, 0.15) is 37.3 Å². The molecule has 0 radical (unpaired) electrons. The van der Waals surface area contributed by atoms with Crippen molar-refractivity contribution in [2.24, 2.45) is 5.92 Å². The van der Waals surface area contributed by atoms with Crippen LogP contribution >= 0.6 is 24.8 Å². The first-order valence-electron chi connectivity index (χ1n) is 7.76. The average Bonchev–Trinajstić information content (AvgIpc) is 2.97. The summed E-state index contributed by atoms with van der Waals surface area (Å²) in [7, 11) is 0. The maximum absolute atomic E-state index is 14.2. The van der Waals surface area contributed by atoms with Gasteiger partial charge in [0.1, 0.15) is 17.5 Å². The van der Waals surface area contributed by atoms with E-state index < -0.39 is 17.5 Å². The fraction of sp³-hybridized carbons (Fsp3) is 0.625. The van der Waals surface area contributed by atoms with Crippen LogP contribution < -0.4 is 5.32 Å². The smallest absolute Gasteiger partial charge is 0.133 e. The molecule has 1 aliphatic heterocycles. The van der Waals surface area contributed by atoms with Gasteiger partial charge in [-0.1, -0.05) is 12.8 Å². The Morgan fingerprint density at radius 1 is 0.957 bits per heavy atom. The highest BCUT2D eigenvalue weighted by Crippen LogP contribution is 2.41. The van der Waals surface area contributed by atoms with Crippen molar-refractivity contribution in [3.05, 3.63) is 35.1 Å². The van der Waals surface area contributed by atoms with E-state index in [9.17, 15) is 13.2 Å². The van der Waals surface area contributed by atoms with Crippen molar-refractivity contribution in [1.82, 2.24) is 10.2 Å². The van der Waals surface area contributed by atoms with Gasteiger partial charge in [0.25, 0.3) is 0 Å². The standard InChI is InChI=1S/C16H21F3N2.2ClH/c17-12-9-13(18)15(14(19)10-12)16(11-3-1-2-4-11)21-7-5-20-6-8-21;;/h9-11,16,20H,1-8H2;2*1H/t16-;;/m1../s1. The minimum atomic E-state index is -0.848. The summed E-state index contributed by atoms with van der Waals surface area (Å²) < 4.78 is 41.7. The van der Waals surface area contributed by atoms with Crippen LogP contribution in [0.25, 0.3) is 0 Å². The zero-order valence-corrected chi connectivity index (χ0v) is 14.5. The van der Waals surface area contributed by atoms with Crippen molar-refractivity contribution in [3.8, 4) is 0 Å². The molecule has 1 aliphatic carbocycles. The number of rotatable bonds is 3. The Balaban J connectivity index is 0.00000132. The predicted octanol–water partition coefficient (Wildman–Crippen LogP) is 4.08. The maximum atomic E-state index is 14.2. The lowest BCUT2D eigenvalue weighted by molar-refractivity contribution is 0.119. The quantitative estimate of drug-likeness (QED) is 0.861. The van der Waals surface area contributed by atoms with E-state index in [0.29, 0.717) is 0 Å². The number of nitrogens with zero attached hydrogens (tertiary/aromatic N) is 1. The SMILES string of the molecule is Cl.Cl.Fc1cc(F)c([C@@H](C2CCCC2)N2CCNCC2)c(F)c1. The van der Waals surface area contributed by atoms with E-state index in [0.717, 1.165) is 64.0 Å². The van der Waals surface area contributed by atoms with Gasteiger partial charge in [-0.25, -0.2) is 13.2 Å². The van der Waals surface area contributed by atoms with Crippen LogP contribution in [0.2, 0.25) is 0 Å². The van der Waals surface area contributed by atoms with Crippen molar-refractivity contribution in [1.29, 1.82) is 0 Å². The minimum absolute atomic E-state index is 0. The van der Waals surface area contributed by atoms with E-state index >= 15 is 0 Å². The number of hydrogen-bond donors (Lipinski definition) is 1. The third-order valence-corrected chi connectivity index (χ3v) is 4.73. The fourth-order valence-electron chi connectivity index (χ4n) is 3.79. The van der Waals surface area contributed by atoms with E-state index in [4.69, 9.17) is 0 Å². The van der Waals surface area contributed by atoms with Gasteiger partial charge in [0, 0.05) is 49.9 Å². The summed E-state index contributed by atoms with van der Waals surface area (Å²) in [5.41, 5.74) is 0.0604.